The van der Waals surface area contributed by atoms with Gasteiger partial charge in [-0.3, -0.25) is 4.79 Å². The fraction of sp³-hybridized carbons (Fsp3) is 0.611. The zero-order valence-electron chi connectivity index (χ0n) is 12.7. The van der Waals surface area contributed by atoms with Crippen LogP contribution in [-0.4, -0.2) is 28.2 Å². The Bertz CT molecular complexity index is 509. The Kier molecular flexibility index (Phi) is 3.66. The van der Waals surface area contributed by atoms with Crippen molar-refractivity contribution in [1.82, 2.24) is 0 Å². The van der Waals surface area contributed by atoms with E-state index in [1.165, 1.54) is 5.56 Å². The van der Waals surface area contributed by atoms with Crippen molar-refractivity contribution in [2.75, 3.05) is 0 Å². The number of rotatable bonds is 5. The van der Waals surface area contributed by atoms with E-state index in [1.54, 1.807) is 0 Å². The lowest BCUT2D eigenvalue weighted by molar-refractivity contribution is -0.119. The SMILES string of the molecule is CC(C)(Cc1ccccc1)C(O)C(O)C1C2CC(=O)CC21. The molecule has 0 saturated heterocycles. The van der Waals surface area contributed by atoms with Gasteiger partial charge in [0.2, 0.25) is 0 Å². The molecule has 2 N–H and O–H groups in total. The molecule has 3 rings (SSSR count). The van der Waals surface area contributed by atoms with Gasteiger partial charge in [0, 0.05) is 12.8 Å². The molecule has 1 aromatic carbocycles. The van der Waals surface area contributed by atoms with Crippen molar-refractivity contribution in [2.45, 2.75) is 45.3 Å². The third-order valence-electron chi connectivity index (χ3n) is 5.35. The second-order valence-corrected chi connectivity index (χ2v) is 7.44. The standard InChI is InChI=1S/C18H24O3/c1-18(2,10-11-6-4-3-5-7-11)17(21)16(20)15-13-8-12(19)9-14(13)15/h3-7,13-17,20-21H,8-10H2,1-2H3. The minimum atomic E-state index is -0.761. The smallest absolute Gasteiger partial charge is 0.133 e. The Morgan fingerprint density at radius 2 is 1.71 bits per heavy atom. The lowest BCUT2D eigenvalue weighted by atomic mass is 9.76. The number of aliphatic hydroxyl groups excluding tert-OH is 2. The third kappa shape index (κ3) is 2.77. The number of carbonyl (C=O) groups excluding carboxylic acids is 1. The highest BCUT2D eigenvalue weighted by molar-refractivity contribution is 5.83. The number of benzene rings is 1. The van der Waals surface area contributed by atoms with Crippen LogP contribution in [0.4, 0.5) is 0 Å². The van der Waals surface area contributed by atoms with Crippen molar-refractivity contribution < 1.29 is 15.0 Å². The summed E-state index contributed by atoms with van der Waals surface area (Å²) in [6.45, 7) is 3.99. The maximum absolute atomic E-state index is 11.3. The monoisotopic (exact) mass is 288 g/mol. The van der Waals surface area contributed by atoms with Crippen molar-refractivity contribution in [3.8, 4) is 0 Å². The van der Waals surface area contributed by atoms with Crippen molar-refractivity contribution in [3.05, 3.63) is 35.9 Å². The molecule has 0 heterocycles. The fourth-order valence-electron chi connectivity index (χ4n) is 4.06. The molecule has 1 aromatic rings. The molecule has 0 radical (unpaired) electrons. The molecule has 3 heteroatoms. The molecule has 114 valence electrons. The first-order chi connectivity index (χ1) is 9.90. The number of fused-ring (bicyclic) bond motifs is 1. The summed E-state index contributed by atoms with van der Waals surface area (Å²) in [5.74, 6) is 1.06. The van der Waals surface area contributed by atoms with E-state index < -0.39 is 12.2 Å². The summed E-state index contributed by atoms with van der Waals surface area (Å²) in [5.41, 5.74) is 0.779. The molecule has 4 unspecified atom stereocenters. The predicted molar refractivity (Wildman–Crippen MR) is 80.7 cm³/mol. The Morgan fingerprint density at radius 1 is 1.14 bits per heavy atom. The van der Waals surface area contributed by atoms with Crippen molar-refractivity contribution in [3.63, 3.8) is 0 Å². The van der Waals surface area contributed by atoms with Gasteiger partial charge in [0.05, 0.1) is 12.2 Å². The van der Waals surface area contributed by atoms with E-state index in [2.05, 4.69) is 0 Å². The summed E-state index contributed by atoms with van der Waals surface area (Å²) in [6.07, 6.45) is 0.443. The average molecular weight is 288 g/mol. The lowest BCUT2D eigenvalue weighted by Gasteiger charge is -2.34. The summed E-state index contributed by atoms with van der Waals surface area (Å²) in [7, 11) is 0. The van der Waals surface area contributed by atoms with E-state index in [4.69, 9.17) is 0 Å². The molecule has 2 saturated carbocycles. The van der Waals surface area contributed by atoms with E-state index >= 15 is 0 Å². The van der Waals surface area contributed by atoms with E-state index in [0.29, 0.717) is 30.5 Å². The first kappa shape index (κ1) is 14.7. The summed E-state index contributed by atoms with van der Waals surface area (Å²) < 4.78 is 0. The summed E-state index contributed by atoms with van der Waals surface area (Å²) in [4.78, 5) is 11.3. The molecule has 0 bridgehead atoms. The van der Waals surface area contributed by atoms with Gasteiger partial charge in [-0.25, -0.2) is 0 Å². The van der Waals surface area contributed by atoms with Gasteiger partial charge < -0.3 is 10.2 Å². The molecule has 3 nitrogen and oxygen atoms in total. The van der Waals surface area contributed by atoms with Crippen LogP contribution in [0.25, 0.3) is 0 Å². The number of hydrogen-bond acceptors (Lipinski definition) is 3. The highest BCUT2D eigenvalue weighted by atomic mass is 16.3. The topological polar surface area (TPSA) is 57.5 Å². The van der Waals surface area contributed by atoms with Crippen LogP contribution in [-0.2, 0) is 11.2 Å². The van der Waals surface area contributed by atoms with Gasteiger partial charge in [0.25, 0.3) is 0 Å². The number of Topliss-reactive ketones (excluding diaryl/α,β-unsaturated/α-hetero) is 1. The van der Waals surface area contributed by atoms with Crippen molar-refractivity contribution in [2.24, 2.45) is 23.2 Å². The Labute approximate surface area is 126 Å². The van der Waals surface area contributed by atoms with E-state index in [0.717, 1.165) is 6.42 Å². The Morgan fingerprint density at radius 3 is 2.29 bits per heavy atom. The minimum Gasteiger partial charge on any atom is -0.390 e. The maximum atomic E-state index is 11.3. The number of hydrogen-bond donors (Lipinski definition) is 2. The zero-order chi connectivity index (χ0) is 15.2. The number of carbonyl (C=O) groups is 1. The molecule has 21 heavy (non-hydrogen) atoms. The van der Waals surface area contributed by atoms with Crippen LogP contribution in [0.2, 0.25) is 0 Å². The van der Waals surface area contributed by atoms with Crippen LogP contribution >= 0.6 is 0 Å². The van der Waals surface area contributed by atoms with Crippen LogP contribution in [0.5, 0.6) is 0 Å². The van der Waals surface area contributed by atoms with Crippen molar-refractivity contribution in [1.29, 1.82) is 0 Å². The second kappa shape index (κ2) is 5.22. The van der Waals surface area contributed by atoms with Crippen LogP contribution < -0.4 is 0 Å². The molecule has 2 aliphatic rings. The molecule has 0 aliphatic heterocycles. The highest BCUT2D eigenvalue weighted by Crippen LogP contribution is 2.58. The highest BCUT2D eigenvalue weighted by Gasteiger charge is 2.60. The quantitative estimate of drug-likeness (QED) is 0.873. The summed E-state index contributed by atoms with van der Waals surface area (Å²) in [5, 5.41) is 21.1. The van der Waals surface area contributed by atoms with Crippen LogP contribution in [0, 0.1) is 23.2 Å². The predicted octanol–water partition coefficient (Wildman–Crippen LogP) is 2.20. The molecule has 0 amide bonds. The normalized spacial score (nSPS) is 30.9. The molecular weight excluding hydrogens is 264 g/mol. The fourth-order valence-corrected chi connectivity index (χ4v) is 4.06. The summed E-state index contributed by atoms with van der Waals surface area (Å²) >= 11 is 0. The first-order valence-electron chi connectivity index (χ1n) is 7.82. The van der Waals surface area contributed by atoms with E-state index in [-0.39, 0.29) is 11.3 Å². The molecular formula is C18H24O3. The first-order valence-corrected chi connectivity index (χ1v) is 7.82. The lowest BCUT2D eigenvalue weighted by Crippen LogP contribution is -2.43. The molecule has 0 spiro atoms. The summed E-state index contributed by atoms with van der Waals surface area (Å²) in [6, 6.07) is 10.1. The van der Waals surface area contributed by atoms with Gasteiger partial charge in [-0.2, -0.15) is 0 Å². The van der Waals surface area contributed by atoms with Gasteiger partial charge in [-0.05, 0) is 35.2 Å². The van der Waals surface area contributed by atoms with Gasteiger partial charge in [-0.15, -0.1) is 0 Å². The van der Waals surface area contributed by atoms with E-state index in [9.17, 15) is 15.0 Å². The number of ketones is 1. The number of aliphatic hydroxyl groups is 2. The molecule has 2 fully saturated rings. The Balaban J connectivity index is 1.64. The largest absolute Gasteiger partial charge is 0.390 e. The average Bonchev–Trinajstić information content (AvgIpc) is 2.95. The maximum Gasteiger partial charge on any atom is 0.133 e. The van der Waals surface area contributed by atoms with E-state index in [1.807, 2.05) is 44.2 Å². The van der Waals surface area contributed by atoms with Gasteiger partial charge >= 0.3 is 0 Å². The minimum absolute atomic E-state index is 0.118. The van der Waals surface area contributed by atoms with Crippen LogP contribution in [0.1, 0.15) is 32.3 Å². The van der Waals surface area contributed by atoms with Gasteiger partial charge in [-0.1, -0.05) is 44.2 Å². The molecule has 4 atom stereocenters. The van der Waals surface area contributed by atoms with Gasteiger partial charge in [0.1, 0.15) is 5.78 Å². The third-order valence-corrected chi connectivity index (χ3v) is 5.35. The van der Waals surface area contributed by atoms with Crippen LogP contribution in [0.3, 0.4) is 0 Å². The Hall–Kier alpha value is -1.19. The second-order valence-electron chi connectivity index (χ2n) is 7.44. The molecule has 2 aliphatic carbocycles. The zero-order valence-corrected chi connectivity index (χ0v) is 12.7. The van der Waals surface area contributed by atoms with Crippen molar-refractivity contribution >= 4 is 5.78 Å². The van der Waals surface area contributed by atoms with Gasteiger partial charge in [0.15, 0.2) is 0 Å². The molecule has 0 aromatic heterocycles. The van der Waals surface area contributed by atoms with Crippen LogP contribution in [0.15, 0.2) is 30.3 Å².